The molecule has 0 saturated carbocycles. The Balaban J connectivity index is 2.25. The lowest BCUT2D eigenvalue weighted by Gasteiger charge is -2.37. The largest absolute Gasteiger partial charge is 0.493 e. The number of ether oxygens (including phenoxy) is 3. The Morgan fingerprint density at radius 1 is 1.26 bits per heavy atom. The number of benzene rings is 1. The number of allylic oxidation sites excluding steroid dienone is 3. The number of carbonyl (C=O) groups excluding carboxylic acids is 1. The maximum atomic E-state index is 13.0. The molecule has 0 aromatic heterocycles. The molecule has 3 rings (SSSR count). The van der Waals surface area contributed by atoms with Crippen LogP contribution in [0.4, 0.5) is 0 Å². The maximum Gasteiger partial charge on any atom is 0.205 e. The molecule has 0 radical (unpaired) electrons. The van der Waals surface area contributed by atoms with Crippen molar-refractivity contribution in [3.8, 4) is 17.6 Å². The summed E-state index contributed by atoms with van der Waals surface area (Å²) in [5, 5.41) is 10.0. The van der Waals surface area contributed by atoms with Gasteiger partial charge in [0.2, 0.25) is 5.88 Å². The number of Topliss-reactive ketones (excluding diaryl/α,β-unsaturated/α-hetero) is 1. The molecule has 1 heterocycles. The predicted molar refractivity (Wildman–Crippen MR) is 100 cm³/mol. The minimum absolute atomic E-state index is 0.00222. The molecule has 0 bridgehead atoms. The molecule has 1 aromatic rings. The van der Waals surface area contributed by atoms with Crippen LogP contribution in [-0.2, 0) is 9.53 Å². The number of nitrogens with zero attached hydrogens (tertiary/aromatic N) is 1. The van der Waals surface area contributed by atoms with Crippen molar-refractivity contribution < 1.29 is 19.0 Å². The van der Waals surface area contributed by atoms with Gasteiger partial charge >= 0.3 is 0 Å². The minimum Gasteiger partial charge on any atom is -0.493 e. The first-order chi connectivity index (χ1) is 12.7. The molecule has 2 aliphatic rings. The van der Waals surface area contributed by atoms with Gasteiger partial charge in [0.25, 0.3) is 0 Å². The molecule has 1 aromatic carbocycles. The third-order valence-corrected chi connectivity index (χ3v) is 5.22. The van der Waals surface area contributed by atoms with Gasteiger partial charge in [-0.2, -0.15) is 5.26 Å². The van der Waals surface area contributed by atoms with Crippen molar-refractivity contribution in [2.24, 2.45) is 11.1 Å². The van der Waals surface area contributed by atoms with Gasteiger partial charge in [-0.1, -0.05) is 25.4 Å². The Bertz CT molecular complexity index is 925. The van der Waals surface area contributed by atoms with Crippen molar-refractivity contribution in [2.75, 3.05) is 14.2 Å². The number of methoxy groups -OCH3 is 2. The van der Waals surface area contributed by atoms with E-state index >= 15 is 0 Å². The lowest BCUT2D eigenvalue weighted by atomic mass is 9.70. The highest BCUT2D eigenvalue weighted by Crippen LogP contribution is 2.50. The molecule has 2 N–H and O–H groups in total. The normalized spacial score (nSPS) is 21.3. The average molecular weight is 389 g/mol. The van der Waals surface area contributed by atoms with Gasteiger partial charge in [-0.05, 0) is 17.0 Å². The summed E-state index contributed by atoms with van der Waals surface area (Å²) in [6.45, 7) is 3.99. The van der Waals surface area contributed by atoms with Crippen LogP contribution in [0, 0.1) is 16.7 Å². The number of hydrogen-bond acceptors (Lipinski definition) is 6. The van der Waals surface area contributed by atoms with Crippen LogP contribution in [0.3, 0.4) is 0 Å². The zero-order valence-corrected chi connectivity index (χ0v) is 16.4. The van der Waals surface area contributed by atoms with E-state index in [0.717, 1.165) is 0 Å². The highest BCUT2D eigenvalue weighted by Gasteiger charge is 2.43. The van der Waals surface area contributed by atoms with Gasteiger partial charge in [0.1, 0.15) is 17.4 Å². The monoisotopic (exact) mass is 388 g/mol. The molecule has 1 unspecified atom stereocenters. The van der Waals surface area contributed by atoms with Gasteiger partial charge in [-0.3, -0.25) is 4.79 Å². The summed E-state index contributed by atoms with van der Waals surface area (Å²) >= 11 is 6.49. The number of halogens is 1. The van der Waals surface area contributed by atoms with Crippen LogP contribution in [-0.4, -0.2) is 20.0 Å². The zero-order chi connectivity index (χ0) is 19.9. The van der Waals surface area contributed by atoms with Gasteiger partial charge in [0, 0.05) is 29.5 Å². The summed E-state index contributed by atoms with van der Waals surface area (Å²) in [5.41, 5.74) is 6.94. The van der Waals surface area contributed by atoms with Crippen molar-refractivity contribution in [1.29, 1.82) is 5.26 Å². The third kappa shape index (κ3) is 3.24. The van der Waals surface area contributed by atoms with Crippen LogP contribution in [0.5, 0.6) is 11.5 Å². The Labute approximate surface area is 163 Å². The van der Waals surface area contributed by atoms with Crippen molar-refractivity contribution in [2.45, 2.75) is 32.6 Å². The Morgan fingerprint density at radius 3 is 2.48 bits per heavy atom. The second-order valence-corrected chi connectivity index (χ2v) is 7.84. The van der Waals surface area contributed by atoms with Crippen molar-refractivity contribution in [3.05, 3.63) is 45.5 Å². The highest BCUT2D eigenvalue weighted by molar-refractivity contribution is 6.31. The summed E-state index contributed by atoms with van der Waals surface area (Å²) in [7, 11) is 3.02. The number of ketones is 1. The Hall–Kier alpha value is -2.65. The van der Waals surface area contributed by atoms with Gasteiger partial charge in [-0.15, -0.1) is 0 Å². The van der Waals surface area contributed by atoms with Crippen LogP contribution in [0.1, 0.15) is 38.2 Å². The molecule has 0 fully saturated rings. The summed E-state index contributed by atoms with van der Waals surface area (Å²) in [6, 6.07) is 5.37. The Morgan fingerprint density at radius 2 is 1.89 bits per heavy atom. The van der Waals surface area contributed by atoms with E-state index in [4.69, 9.17) is 31.5 Å². The van der Waals surface area contributed by atoms with E-state index in [1.54, 1.807) is 12.1 Å². The zero-order valence-electron chi connectivity index (χ0n) is 15.7. The fourth-order valence-corrected chi connectivity index (χ4v) is 3.95. The van der Waals surface area contributed by atoms with Crippen LogP contribution in [0.15, 0.2) is 34.9 Å². The van der Waals surface area contributed by atoms with Crippen LogP contribution in [0.25, 0.3) is 0 Å². The van der Waals surface area contributed by atoms with Gasteiger partial charge in [0.05, 0.1) is 20.1 Å². The summed E-state index contributed by atoms with van der Waals surface area (Å²) in [4.78, 5) is 13.0. The fourth-order valence-electron chi connectivity index (χ4n) is 3.69. The number of carbonyl (C=O) groups is 1. The molecule has 0 saturated heterocycles. The van der Waals surface area contributed by atoms with E-state index in [1.807, 2.05) is 13.8 Å². The second kappa shape index (κ2) is 6.82. The lowest BCUT2D eigenvalue weighted by Crippen LogP contribution is -2.33. The maximum absolute atomic E-state index is 13.0. The molecule has 7 heteroatoms. The molecular formula is C20H21ClN2O4. The second-order valence-electron chi connectivity index (χ2n) is 7.43. The van der Waals surface area contributed by atoms with Crippen LogP contribution < -0.4 is 15.2 Å². The van der Waals surface area contributed by atoms with Gasteiger partial charge < -0.3 is 19.9 Å². The van der Waals surface area contributed by atoms with E-state index < -0.39 is 5.92 Å². The number of nitrogens with two attached hydrogens (primary N) is 1. The van der Waals surface area contributed by atoms with Gasteiger partial charge in [0.15, 0.2) is 17.3 Å². The average Bonchev–Trinajstić information content (AvgIpc) is 2.59. The molecular weight excluding hydrogens is 368 g/mol. The van der Waals surface area contributed by atoms with E-state index in [1.165, 1.54) is 14.2 Å². The lowest BCUT2D eigenvalue weighted by molar-refractivity contribution is -0.119. The molecule has 1 aliphatic heterocycles. The van der Waals surface area contributed by atoms with E-state index in [2.05, 4.69) is 6.07 Å². The van der Waals surface area contributed by atoms with Crippen LogP contribution >= 0.6 is 11.6 Å². The predicted octanol–water partition coefficient (Wildman–Crippen LogP) is 3.81. The molecule has 27 heavy (non-hydrogen) atoms. The first kappa shape index (κ1) is 19.1. The standard InChI is InChI=1S/C20H21ClN2O4/c1-20(2)7-13(24)18-16(8-20)27-19(23)11(9-22)17(18)10-5-14(25-3)15(26-4)6-12(10)21/h5-6,17H,7-8,23H2,1-4H3. The summed E-state index contributed by atoms with van der Waals surface area (Å²) in [5.74, 6) is 0.636. The quantitative estimate of drug-likeness (QED) is 0.846. The molecule has 6 nitrogen and oxygen atoms in total. The van der Waals surface area contributed by atoms with E-state index in [-0.39, 0.29) is 22.7 Å². The van der Waals surface area contributed by atoms with Gasteiger partial charge in [-0.25, -0.2) is 0 Å². The first-order valence-corrected chi connectivity index (χ1v) is 8.85. The van der Waals surface area contributed by atoms with Crippen LogP contribution in [0.2, 0.25) is 5.02 Å². The highest BCUT2D eigenvalue weighted by atomic mass is 35.5. The molecule has 142 valence electrons. The topological polar surface area (TPSA) is 94.6 Å². The molecule has 0 amide bonds. The number of hydrogen-bond donors (Lipinski definition) is 1. The van der Waals surface area contributed by atoms with Crippen molar-refractivity contribution in [1.82, 2.24) is 0 Å². The summed E-state index contributed by atoms with van der Waals surface area (Å²) in [6.07, 6.45) is 0.907. The van der Waals surface area contributed by atoms with E-state index in [0.29, 0.717) is 46.3 Å². The van der Waals surface area contributed by atoms with Crippen molar-refractivity contribution in [3.63, 3.8) is 0 Å². The number of rotatable bonds is 3. The Kier molecular flexibility index (Phi) is 4.83. The molecule has 1 atom stereocenters. The molecule has 1 aliphatic carbocycles. The fraction of sp³-hybridized carbons (Fsp3) is 0.400. The SMILES string of the molecule is COc1cc(Cl)c(C2C(C#N)=C(N)OC3=C2C(=O)CC(C)(C)C3)cc1OC. The van der Waals surface area contributed by atoms with E-state index in [9.17, 15) is 10.1 Å². The first-order valence-electron chi connectivity index (χ1n) is 8.47. The van der Waals surface area contributed by atoms with Crippen molar-refractivity contribution >= 4 is 17.4 Å². The third-order valence-electron chi connectivity index (χ3n) is 4.89. The number of nitriles is 1. The summed E-state index contributed by atoms with van der Waals surface area (Å²) < 4.78 is 16.3. The minimum atomic E-state index is -0.699. The molecule has 0 spiro atoms. The smallest absolute Gasteiger partial charge is 0.205 e.